The Morgan fingerprint density at radius 1 is 1.26 bits per heavy atom. The molecule has 0 fully saturated rings. The van der Waals surface area contributed by atoms with Gasteiger partial charge >= 0.3 is 0 Å². The van der Waals surface area contributed by atoms with Gasteiger partial charge in [0.2, 0.25) is 0 Å². The first kappa shape index (κ1) is 18.4. The van der Waals surface area contributed by atoms with Gasteiger partial charge in [0.15, 0.2) is 11.5 Å². The average molecular weight is 317 g/mol. The Morgan fingerprint density at radius 2 is 1.91 bits per heavy atom. The van der Waals surface area contributed by atoms with E-state index >= 15 is 0 Å². The standard InChI is InChI=1S/C17H23N3O3/c1-5-22-15-8-7-14(9-16(15)23-6-2)19-11-13(10-18)17(21)20-12(3)4/h7-9,11-12,19H,5-6H2,1-4H3,(H,20,21)/b13-11-. The summed E-state index contributed by atoms with van der Waals surface area (Å²) in [6, 6.07) is 7.18. The molecular formula is C17H23N3O3. The molecule has 0 heterocycles. The largest absolute Gasteiger partial charge is 0.490 e. The minimum absolute atomic E-state index is 0.00513. The first-order valence-corrected chi connectivity index (χ1v) is 7.59. The van der Waals surface area contributed by atoms with E-state index in [-0.39, 0.29) is 11.6 Å². The summed E-state index contributed by atoms with van der Waals surface area (Å²) in [5.41, 5.74) is 0.701. The number of nitrogens with one attached hydrogen (secondary N) is 2. The molecule has 6 heteroatoms. The lowest BCUT2D eigenvalue weighted by Gasteiger charge is -2.12. The lowest BCUT2D eigenvalue weighted by Crippen LogP contribution is -2.31. The zero-order valence-corrected chi connectivity index (χ0v) is 14.0. The third kappa shape index (κ3) is 5.91. The Hall–Kier alpha value is -2.68. The van der Waals surface area contributed by atoms with Crippen molar-refractivity contribution in [2.45, 2.75) is 33.7 Å². The van der Waals surface area contributed by atoms with Crippen LogP contribution in [-0.2, 0) is 4.79 Å². The number of nitrogens with zero attached hydrogens (tertiary/aromatic N) is 1. The van der Waals surface area contributed by atoms with E-state index in [2.05, 4.69) is 10.6 Å². The number of ether oxygens (including phenoxy) is 2. The summed E-state index contributed by atoms with van der Waals surface area (Å²) in [7, 11) is 0. The van der Waals surface area contributed by atoms with E-state index in [0.29, 0.717) is 30.4 Å². The van der Waals surface area contributed by atoms with Crippen LogP contribution in [0.5, 0.6) is 11.5 Å². The summed E-state index contributed by atoms with van der Waals surface area (Å²) in [6.07, 6.45) is 1.38. The van der Waals surface area contributed by atoms with Gasteiger partial charge < -0.3 is 20.1 Å². The van der Waals surface area contributed by atoms with Crippen molar-refractivity contribution >= 4 is 11.6 Å². The van der Waals surface area contributed by atoms with Gasteiger partial charge in [0.1, 0.15) is 11.6 Å². The summed E-state index contributed by atoms with van der Waals surface area (Å²) < 4.78 is 11.0. The second-order valence-electron chi connectivity index (χ2n) is 4.97. The molecule has 23 heavy (non-hydrogen) atoms. The van der Waals surface area contributed by atoms with E-state index in [1.165, 1.54) is 6.20 Å². The molecule has 124 valence electrons. The maximum Gasteiger partial charge on any atom is 0.263 e. The number of benzene rings is 1. The minimum atomic E-state index is -0.411. The molecule has 1 amide bonds. The Kier molecular flexibility index (Phi) is 7.48. The predicted octanol–water partition coefficient (Wildman–Crippen LogP) is 2.83. The number of anilines is 1. The van der Waals surface area contributed by atoms with E-state index in [1.807, 2.05) is 33.8 Å². The highest BCUT2D eigenvalue weighted by molar-refractivity contribution is 5.97. The SMILES string of the molecule is CCOc1ccc(N/C=C(/C#N)C(=O)NC(C)C)cc1OCC. The number of carbonyl (C=O) groups is 1. The zero-order valence-electron chi connectivity index (χ0n) is 14.0. The molecule has 1 aromatic rings. The van der Waals surface area contributed by atoms with E-state index in [0.717, 1.165) is 0 Å². The normalized spacial score (nSPS) is 10.9. The lowest BCUT2D eigenvalue weighted by atomic mass is 10.2. The third-order valence-corrected chi connectivity index (χ3v) is 2.71. The van der Waals surface area contributed by atoms with Crippen LogP contribution in [0, 0.1) is 11.3 Å². The number of carbonyl (C=O) groups excluding carboxylic acids is 1. The first-order chi connectivity index (χ1) is 11.0. The van der Waals surface area contributed by atoms with Crippen molar-refractivity contribution in [3.8, 4) is 17.6 Å². The van der Waals surface area contributed by atoms with Crippen molar-refractivity contribution < 1.29 is 14.3 Å². The molecule has 0 spiro atoms. The fourth-order valence-corrected chi connectivity index (χ4v) is 1.78. The van der Waals surface area contributed by atoms with E-state index in [4.69, 9.17) is 14.7 Å². The number of rotatable bonds is 8. The summed E-state index contributed by atoms with van der Waals surface area (Å²) in [6.45, 7) is 8.51. The van der Waals surface area contributed by atoms with Gasteiger partial charge in [0.05, 0.1) is 13.2 Å². The van der Waals surface area contributed by atoms with Gasteiger partial charge in [-0.15, -0.1) is 0 Å². The molecule has 0 bridgehead atoms. The average Bonchev–Trinajstić information content (AvgIpc) is 2.50. The van der Waals surface area contributed by atoms with Crippen molar-refractivity contribution in [2.75, 3.05) is 18.5 Å². The molecule has 0 aliphatic rings. The Morgan fingerprint density at radius 3 is 2.48 bits per heavy atom. The first-order valence-electron chi connectivity index (χ1n) is 7.59. The van der Waals surface area contributed by atoms with Crippen LogP contribution in [0.1, 0.15) is 27.7 Å². The molecular weight excluding hydrogens is 294 g/mol. The highest BCUT2D eigenvalue weighted by Crippen LogP contribution is 2.30. The van der Waals surface area contributed by atoms with Crippen molar-refractivity contribution in [3.63, 3.8) is 0 Å². The molecule has 0 aliphatic heterocycles. The molecule has 6 nitrogen and oxygen atoms in total. The van der Waals surface area contributed by atoms with Gasteiger partial charge in [0, 0.05) is 24.0 Å². The second-order valence-corrected chi connectivity index (χ2v) is 4.97. The third-order valence-electron chi connectivity index (χ3n) is 2.71. The van der Waals surface area contributed by atoms with Crippen molar-refractivity contribution in [1.29, 1.82) is 5.26 Å². The fourth-order valence-electron chi connectivity index (χ4n) is 1.78. The van der Waals surface area contributed by atoms with Crippen molar-refractivity contribution in [2.24, 2.45) is 0 Å². The van der Waals surface area contributed by atoms with Gasteiger partial charge in [-0.2, -0.15) is 5.26 Å². The monoisotopic (exact) mass is 317 g/mol. The number of hydrogen-bond donors (Lipinski definition) is 2. The van der Waals surface area contributed by atoms with Gasteiger partial charge in [-0.25, -0.2) is 0 Å². The van der Waals surface area contributed by atoms with Crippen LogP contribution in [0.25, 0.3) is 0 Å². The lowest BCUT2D eigenvalue weighted by molar-refractivity contribution is -0.117. The van der Waals surface area contributed by atoms with Crippen LogP contribution in [0.2, 0.25) is 0 Å². The predicted molar refractivity (Wildman–Crippen MR) is 89.4 cm³/mol. The molecule has 0 atom stereocenters. The van der Waals surface area contributed by atoms with Crippen LogP contribution >= 0.6 is 0 Å². The highest BCUT2D eigenvalue weighted by atomic mass is 16.5. The van der Waals surface area contributed by atoms with Crippen LogP contribution in [0.15, 0.2) is 30.0 Å². The smallest absolute Gasteiger partial charge is 0.263 e. The molecule has 0 unspecified atom stereocenters. The second kappa shape index (κ2) is 9.36. The molecule has 1 aromatic carbocycles. The Bertz CT molecular complexity index is 604. The number of amides is 1. The fraction of sp³-hybridized carbons (Fsp3) is 0.412. The van der Waals surface area contributed by atoms with Gasteiger partial charge in [-0.3, -0.25) is 4.79 Å². The Balaban J connectivity index is 2.91. The summed E-state index contributed by atoms with van der Waals surface area (Å²) in [5.74, 6) is 0.853. The van der Waals surface area contributed by atoms with Crippen LogP contribution < -0.4 is 20.1 Å². The molecule has 2 N–H and O–H groups in total. The van der Waals surface area contributed by atoms with E-state index in [1.54, 1.807) is 18.2 Å². The Labute approximate surface area is 137 Å². The number of nitriles is 1. The van der Waals surface area contributed by atoms with Crippen molar-refractivity contribution in [1.82, 2.24) is 5.32 Å². The van der Waals surface area contributed by atoms with Crippen LogP contribution in [0.3, 0.4) is 0 Å². The van der Waals surface area contributed by atoms with Crippen LogP contribution in [0.4, 0.5) is 5.69 Å². The summed E-state index contributed by atoms with van der Waals surface area (Å²) >= 11 is 0. The molecule has 0 saturated carbocycles. The maximum atomic E-state index is 11.8. The summed E-state index contributed by atoms with van der Waals surface area (Å²) in [4.78, 5) is 11.8. The van der Waals surface area contributed by atoms with Crippen LogP contribution in [-0.4, -0.2) is 25.2 Å². The summed E-state index contributed by atoms with van der Waals surface area (Å²) in [5, 5.41) is 14.7. The van der Waals surface area contributed by atoms with E-state index < -0.39 is 5.91 Å². The molecule has 0 radical (unpaired) electrons. The zero-order chi connectivity index (χ0) is 17.2. The van der Waals surface area contributed by atoms with Crippen molar-refractivity contribution in [3.05, 3.63) is 30.0 Å². The quantitative estimate of drug-likeness (QED) is 0.569. The number of hydrogen-bond acceptors (Lipinski definition) is 5. The molecule has 0 saturated heterocycles. The highest BCUT2D eigenvalue weighted by Gasteiger charge is 2.10. The molecule has 0 aromatic heterocycles. The molecule has 0 aliphatic carbocycles. The molecule has 1 rings (SSSR count). The maximum absolute atomic E-state index is 11.8. The van der Waals surface area contributed by atoms with Gasteiger partial charge in [-0.1, -0.05) is 0 Å². The topological polar surface area (TPSA) is 83.4 Å². The minimum Gasteiger partial charge on any atom is -0.490 e. The van der Waals surface area contributed by atoms with E-state index in [9.17, 15) is 4.79 Å². The van der Waals surface area contributed by atoms with Gasteiger partial charge in [-0.05, 0) is 39.8 Å². The van der Waals surface area contributed by atoms with Gasteiger partial charge in [0.25, 0.3) is 5.91 Å².